The Balaban J connectivity index is 1.80. The maximum atomic E-state index is 12.8. The van der Waals surface area contributed by atoms with Crippen LogP contribution in [0.3, 0.4) is 0 Å². The molecule has 31 heavy (non-hydrogen) atoms. The van der Waals surface area contributed by atoms with Crippen LogP contribution >= 0.6 is 15.9 Å². The first kappa shape index (κ1) is 22.2. The van der Waals surface area contributed by atoms with Crippen molar-refractivity contribution < 1.29 is 28.6 Å². The number of carbonyl (C=O) groups excluding carboxylic acids is 3. The highest BCUT2D eigenvalue weighted by Gasteiger charge is 2.35. The highest BCUT2D eigenvalue weighted by Crippen LogP contribution is 2.36. The zero-order valence-electron chi connectivity index (χ0n) is 17.0. The minimum Gasteiger partial charge on any atom is -0.495 e. The van der Waals surface area contributed by atoms with Gasteiger partial charge >= 0.3 is 6.03 Å². The molecule has 0 aliphatic carbocycles. The number of anilines is 1. The van der Waals surface area contributed by atoms with Crippen LogP contribution in [0.2, 0.25) is 0 Å². The lowest BCUT2D eigenvalue weighted by atomic mass is 10.1. The van der Waals surface area contributed by atoms with E-state index in [1.54, 1.807) is 36.4 Å². The summed E-state index contributed by atoms with van der Waals surface area (Å²) in [7, 11) is 4.44. The molecule has 0 bridgehead atoms. The van der Waals surface area contributed by atoms with Gasteiger partial charge in [-0.1, -0.05) is 28.1 Å². The minimum atomic E-state index is -0.702. The summed E-state index contributed by atoms with van der Waals surface area (Å²) in [6.45, 7) is -0.459. The topological polar surface area (TPSA) is 106 Å². The molecule has 162 valence electrons. The lowest BCUT2D eigenvalue weighted by Crippen LogP contribution is -2.38. The van der Waals surface area contributed by atoms with Crippen molar-refractivity contribution in [1.29, 1.82) is 0 Å². The van der Waals surface area contributed by atoms with Crippen molar-refractivity contribution in [2.45, 2.75) is 0 Å². The van der Waals surface area contributed by atoms with Crippen LogP contribution in [0.5, 0.6) is 17.2 Å². The number of benzene rings is 2. The van der Waals surface area contributed by atoms with E-state index in [9.17, 15) is 14.4 Å². The first-order chi connectivity index (χ1) is 14.9. The van der Waals surface area contributed by atoms with Crippen molar-refractivity contribution in [3.63, 3.8) is 0 Å². The van der Waals surface area contributed by atoms with Gasteiger partial charge in [-0.2, -0.15) is 0 Å². The summed E-state index contributed by atoms with van der Waals surface area (Å²) in [5.41, 5.74) is 0.954. The van der Waals surface area contributed by atoms with Crippen LogP contribution in [0.1, 0.15) is 5.56 Å². The third-order valence-corrected chi connectivity index (χ3v) is 4.88. The molecule has 0 saturated carbocycles. The van der Waals surface area contributed by atoms with Crippen molar-refractivity contribution in [2.75, 3.05) is 33.2 Å². The Labute approximate surface area is 187 Å². The highest BCUT2D eigenvalue weighted by atomic mass is 79.9. The molecule has 1 fully saturated rings. The molecule has 0 aromatic heterocycles. The first-order valence-corrected chi connectivity index (χ1v) is 9.86. The molecule has 2 aromatic carbocycles. The number of hydrogen-bond acceptors (Lipinski definition) is 6. The predicted octanol–water partition coefficient (Wildman–Crippen LogP) is 3.01. The summed E-state index contributed by atoms with van der Waals surface area (Å²) < 4.78 is 16.5. The van der Waals surface area contributed by atoms with Gasteiger partial charge in [0, 0.05) is 10.0 Å². The molecule has 0 unspecified atom stereocenters. The molecule has 0 spiro atoms. The molecule has 3 rings (SSSR count). The van der Waals surface area contributed by atoms with Gasteiger partial charge in [-0.3, -0.25) is 9.59 Å². The van der Waals surface area contributed by atoms with Crippen LogP contribution in [0.25, 0.3) is 6.08 Å². The molecule has 4 amide bonds. The Kier molecular flexibility index (Phi) is 6.81. The Bertz CT molecular complexity index is 1070. The van der Waals surface area contributed by atoms with E-state index < -0.39 is 24.4 Å². The molecule has 0 radical (unpaired) electrons. The summed E-state index contributed by atoms with van der Waals surface area (Å²) in [6, 6.07) is 9.55. The van der Waals surface area contributed by atoms with Crippen molar-refractivity contribution in [1.82, 2.24) is 10.2 Å². The van der Waals surface area contributed by atoms with Gasteiger partial charge in [0.15, 0.2) is 11.5 Å². The number of halogens is 1. The number of ether oxygens (including phenoxy) is 3. The molecular weight excluding hydrogens is 470 g/mol. The summed E-state index contributed by atoms with van der Waals surface area (Å²) in [6.07, 6.45) is 1.46. The van der Waals surface area contributed by atoms with Crippen LogP contribution in [0, 0.1) is 0 Å². The van der Waals surface area contributed by atoms with Crippen molar-refractivity contribution >= 4 is 45.5 Å². The molecular formula is C21H20BrN3O6. The monoisotopic (exact) mass is 489 g/mol. The molecule has 1 aliphatic heterocycles. The third-order valence-electron chi connectivity index (χ3n) is 4.42. The van der Waals surface area contributed by atoms with E-state index in [4.69, 9.17) is 14.2 Å². The zero-order valence-corrected chi connectivity index (χ0v) is 18.6. The number of nitrogens with zero attached hydrogens (tertiary/aromatic N) is 1. The van der Waals surface area contributed by atoms with Gasteiger partial charge in [-0.15, -0.1) is 0 Å². The standard InChI is InChI=1S/C21H20BrN3O6/c1-29-16-7-5-4-6-14(16)23-18(26)11-25-20(27)15(24-21(25)28)9-12-8-13(22)10-17(30-2)19(12)31-3/h4-10H,11H2,1-3H3,(H,23,26)(H,24,28)/b15-9+. The quantitative estimate of drug-likeness (QED) is 0.457. The molecule has 0 atom stereocenters. The van der Waals surface area contributed by atoms with E-state index in [2.05, 4.69) is 26.6 Å². The van der Waals surface area contributed by atoms with Crippen LogP contribution in [0.15, 0.2) is 46.6 Å². The summed E-state index contributed by atoms with van der Waals surface area (Å²) in [5, 5.41) is 5.12. The lowest BCUT2D eigenvalue weighted by molar-refractivity contribution is -0.127. The van der Waals surface area contributed by atoms with E-state index in [1.807, 2.05) is 0 Å². The van der Waals surface area contributed by atoms with E-state index in [0.717, 1.165) is 4.90 Å². The molecule has 1 aliphatic rings. The number of rotatable bonds is 7. The fourth-order valence-electron chi connectivity index (χ4n) is 3.02. The van der Waals surface area contributed by atoms with Crippen molar-refractivity contribution in [3.8, 4) is 17.2 Å². The Morgan fingerprint density at radius 2 is 1.81 bits per heavy atom. The van der Waals surface area contributed by atoms with Gasteiger partial charge in [-0.25, -0.2) is 9.69 Å². The number of carbonyl (C=O) groups is 3. The molecule has 2 N–H and O–H groups in total. The van der Waals surface area contributed by atoms with Crippen LogP contribution in [-0.2, 0) is 9.59 Å². The van der Waals surface area contributed by atoms with E-state index in [-0.39, 0.29) is 5.70 Å². The van der Waals surface area contributed by atoms with E-state index >= 15 is 0 Å². The van der Waals surface area contributed by atoms with Gasteiger partial charge in [0.25, 0.3) is 5.91 Å². The number of nitrogens with one attached hydrogen (secondary N) is 2. The van der Waals surface area contributed by atoms with Crippen molar-refractivity contribution in [2.24, 2.45) is 0 Å². The number of hydrogen-bond donors (Lipinski definition) is 2. The van der Waals surface area contributed by atoms with Gasteiger partial charge in [-0.05, 0) is 30.3 Å². The van der Waals surface area contributed by atoms with Gasteiger partial charge in [0.05, 0.1) is 27.0 Å². The Morgan fingerprint density at radius 1 is 1.10 bits per heavy atom. The predicted molar refractivity (Wildman–Crippen MR) is 117 cm³/mol. The van der Waals surface area contributed by atoms with Gasteiger partial charge < -0.3 is 24.8 Å². The van der Waals surface area contributed by atoms with Gasteiger partial charge in [0.1, 0.15) is 18.0 Å². The number of urea groups is 1. The zero-order chi connectivity index (χ0) is 22.5. The number of methoxy groups -OCH3 is 3. The normalized spacial score (nSPS) is 14.5. The second-order valence-corrected chi connectivity index (χ2v) is 7.27. The summed E-state index contributed by atoms with van der Waals surface area (Å²) >= 11 is 3.37. The van der Waals surface area contributed by atoms with E-state index in [0.29, 0.717) is 33.0 Å². The maximum absolute atomic E-state index is 12.8. The summed E-state index contributed by atoms with van der Waals surface area (Å²) in [5.74, 6) is 0.127. The number of amides is 4. The fraction of sp³-hybridized carbons (Fsp3) is 0.190. The fourth-order valence-corrected chi connectivity index (χ4v) is 3.47. The molecule has 1 heterocycles. The van der Waals surface area contributed by atoms with Crippen LogP contribution < -0.4 is 24.8 Å². The second-order valence-electron chi connectivity index (χ2n) is 6.36. The first-order valence-electron chi connectivity index (χ1n) is 9.06. The van der Waals surface area contributed by atoms with E-state index in [1.165, 1.54) is 27.4 Å². The Hall–Kier alpha value is -3.53. The van der Waals surface area contributed by atoms with Gasteiger partial charge in [0.2, 0.25) is 5.91 Å². The minimum absolute atomic E-state index is 0.00791. The van der Waals surface area contributed by atoms with Crippen molar-refractivity contribution in [3.05, 3.63) is 52.1 Å². The maximum Gasteiger partial charge on any atom is 0.329 e. The third kappa shape index (κ3) is 4.80. The van der Waals surface area contributed by atoms with Crippen LogP contribution in [-0.4, -0.2) is 50.6 Å². The second kappa shape index (κ2) is 9.52. The average Bonchev–Trinajstić information content (AvgIpc) is 3.01. The highest BCUT2D eigenvalue weighted by molar-refractivity contribution is 9.10. The molecule has 9 nitrogen and oxygen atoms in total. The Morgan fingerprint density at radius 3 is 2.48 bits per heavy atom. The average molecular weight is 490 g/mol. The molecule has 2 aromatic rings. The van der Waals surface area contributed by atoms with Crippen LogP contribution in [0.4, 0.5) is 10.5 Å². The largest absolute Gasteiger partial charge is 0.495 e. The SMILES string of the molecule is COc1ccccc1NC(=O)CN1C(=O)N/C(=C/c2cc(Br)cc(OC)c2OC)C1=O. The molecule has 10 heteroatoms. The number of imide groups is 1. The number of para-hydroxylation sites is 2. The smallest absolute Gasteiger partial charge is 0.329 e. The summed E-state index contributed by atoms with van der Waals surface area (Å²) in [4.78, 5) is 38.3. The lowest BCUT2D eigenvalue weighted by Gasteiger charge is -2.13. The molecule has 1 saturated heterocycles.